The predicted molar refractivity (Wildman–Crippen MR) is 53.0 cm³/mol. The molecule has 2 rings (SSSR count). The van der Waals surface area contributed by atoms with Crippen molar-refractivity contribution in [1.29, 1.82) is 0 Å². The molecule has 0 radical (unpaired) electrons. The van der Waals surface area contributed by atoms with Gasteiger partial charge in [-0.1, -0.05) is 0 Å². The Morgan fingerprint density at radius 1 is 1.50 bits per heavy atom. The van der Waals surface area contributed by atoms with Gasteiger partial charge in [0.25, 0.3) is 0 Å². The summed E-state index contributed by atoms with van der Waals surface area (Å²) >= 11 is 0. The van der Waals surface area contributed by atoms with Gasteiger partial charge in [0.15, 0.2) is 0 Å². The maximum absolute atomic E-state index is 13.2. The summed E-state index contributed by atoms with van der Waals surface area (Å²) in [5, 5.41) is 13.3. The molecule has 1 aliphatic rings. The molecule has 7 heteroatoms. The van der Waals surface area contributed by atoms with Crippen molar-refractivity contribution in [3.8, 4) is 0 Å². The smallest absolute Gasteiger partial charge is 0.327 e. The van der Waals surface area contributed by atoms with E-state index in [-0.39, 0.29) is 17.8 Å². The molecule has 0 bridgehead atoms. The zero-order valence-corrected chi connectivity index (χ0v) is 8.11. The number of nitro groups is 1. The van der Waals surface area contributed by atoms with Crippen molar-refractivity contribution in [3.63, 3.8) is 0 Å². The number of hydrogen-bond donors (Lipinski definition) is 2. The number of nitro benzene ring substituents is 1. The fourth-order valence-electron chi connectivity index (χ4n) is 1.44. The third kappa shape index (κ3) is 1.94. The van der Waals surface area contributed by atoms with Crippen LogP contribution in [-0.4, -0.2) is 17.0 Å². The molecular weight excluding hydrogens is 220 g/mol. The molecule has 1 fully saturated rings. The molecule has 2 unspecified atom stereocenters. The second-order valence-electron chi connectivity index (χ2n) is 3.69. The van der Waals surface area contributed by atoms with Crippen molar-refractivity contribution in [2.24, 2.45) is 5.73 Å². The van der Waals surface area contributed by atoms with Crippen LogP contribution in [-0.2, 0) is 0 Å². The molecule has 5 nitrogen and oxygen atoms in total. The Labute approximate surface area is 89.4 Å². The summed E-state index contributed by atoms with van der Waals surface area (Å²) in [6, 6.07) is 1.10. The van der Waals surface area contributed by atoms with Crippen molar-refractivity contribution in [2.45, 2.75) is 18.5 Å². The number of nitrogens with one attached hydrogen (secondary N) is 1. The van der Waals surface area contributed by atoms with E-state index in [0.717, 1.165) is 6.07 Å². The van der Waals surface area contributed by atoms with Crippen LogP contribution in [0.3, 0.4) is 0 Å². The third-order valence-electron chi connectivity index (χ3n) is 2.39. The highest BCUT2D eigenvalue weighted by Crippen LogP contribution is 2.32. The highest BCUT2D eigenvalue weighted by Gasteiger charge is 2.35. The van der Waals surface area contributed by atoms with Crippen molar-refractivity contribution in [2.75, 3.05) is 5.32 Å². The number of hydrogen-bond acceptors (Lipinski definition) is 4. The number of nitrogens with zero attached hydrogens (tertiary/aromatic N) is 1. The minimum absolute atomic E-state index is 0.120. The van der Waals surface area contributed by atoms with E-state index in [1.165, 1.54) is 0 Å². The SMILES string of the molecule is NC1CC1Nc1cc(F)cc(F)c1[N+](=O)[O-]. The van der Waals surface area contributed by atoms with Gasteiger partial charge < -0.3 is 11.1 Å². The lowest BCUT2D eigenvalue weighted by molar-refractivity contribution is -0.386. The number of anilines is 1. The van der Waals surface area contributed by atoms with Crippen LogP contribution in [0.2, 0.25) is 0 Å². The fourth-order valence-corrected chi connectivity index (χ4v) is 1.44. The lowest BCUT2D eigenvalue weighted by Gasteiger charge is -2.06. The van der Waals surface area contributed by atoms with Gasteiger partial charge in [-0.15, -0.1) is 0 Å². The van der Waals surface area contributed by atoms with Crippen molar-refractivity contribution < 1.29 is 13.7 Å². The first kappa shape index (κ1) is 10.7. The Bertz CT molecular complexity index is 453. The molecule has 2 atom stereocenters. The first-order chi connectivity index (χ1) is 7.49. The molecule has 0 aromatic heterocycles. The molecule has 16 heavy (non-hydrogen) atoms. The highest BCUT2D eigenvalue weighted by molar-refractivity contribution is 5.63. The van der Waals surface area contributed by atoms with E-state index in [2.05, 4.69) is 5.32 Å². The molecule has 1 saturated carbocycles. The minimum atomic E-state index is -1.19. The molecule has 0 saturated heterocycles. The zero-order valence-electron chi connectivity index (χ0n) is 8.11. The predicted octanol–water partition coefficient (Wildman–Crippen LogP) is 1.38. The Kier molecular flexibility index (Phi) is 2.47. The molecule has 86 valence electrons. The van der Waals surface area contributed by atoms with Crippen LogP contribution in [0.25, 0.3) is 0 Å². The van der Waals surface area contributed by atoms with Crippen LogP contribution in [0, 0.1) is 21.7 Å². The van der Waals surface area contributed by atoms with Crippen LogP contribution in [0.1, 0.15) is 6.42 Å². The normalized spacial score (nSPS) is 22.9. The van der Waals surface area contributed by atoms with Gasteiger partial charge in [0.2, 0.25) is 5.82 Å². The Morgan fingerprint density at radius 3 is 2.62 bits per heavy atom. The minimum Gasteiger partial charge on any atom is -0.375 e. The number of benzene rings is 1. The zero-order chi connectivity index (χ0) is 11.9. The fraction of sp³-hybridized carbons (Fsp3) is 0.333. The van der Waals surface area contributed by atoms with Gasteiger partial charge in [-0.25, -0.2) is 4.39 Å². The molecule has 0 amide bonds. The Balaban J connectivity index is 2.36. The third-order valence-corrected chi connectivity index (χ3v) is 2.39. The molecule has 0 aliphatic heterocycles. The van der Waals surface area contributed by atoms with Crippen LogP contribution in [0.15, 0.2) is 12.1 Å². The van der Waals surface area contributed by atoms with Crippen molar-refractivity contribution in [3.05, 3.63) is 33.9 Å². The van der Waals surface area contributed by atoms with E-state index < -0.39 is 22.2 Å². The van der Waals surface area contributed by atoms with Crippen molar-refractivity contribution in [1.82, 2.24) is 0 Å². The lowest BCUT2D eigenvalue weighted by atomic mass is 10.2. The summed E-state index contributed by atoms with van der Waals surface area (Å²) in [6.07, 6.45) is 0.634. The summed E-state index contributed by atoms with van der Waals surface area (Å²) < 4.78 is 26.1. The van der Waals surface area contributed by atoms with Gasteiger partial charge in [-0.05, 0) is 6.42 Å². The van der Waals surface area contributed by atoms with E-state index in [4.69, 9.17) is 5.73 Å². The number of nitrogens with two attached hydrogens (primary N) is 1. The summed E-state index contributed by atoms with van der Waals surface area (Å²) in [4.78, 5) is 9.73. The lowest BCUT2D eigenvalue weighted by Crippen LogP contribution is -2.14. The van der Waals surface area contributed by atoms with Gasteiger partial charge in [0.1, 0.15) is 11.5 Å². The standard InChI is InChI=1S/C9H9F2N3O2/c10-4-1-5(11)9(14(15)16)8(2-4)13-7-3-6(7)12/h1-2,6-7,13H,3,12H2. The molecule has 1 aromatic carbocycles. The Hall–Kier alpha value is -1.76. The van der Waals surface area contributed by atoms with Gasteiger partial charge in [0.05, 0.1) is 4.92 Å². The molecule has 0 heterocycles. The van der Waals surface area contributed by atoms with E-state index in [0.29, 0.717) is 12.5 Å². The first-order valence-corrected chi connectivity index (χ1v) is 4.64. The second kappa shape index (κ2) is 3.67. The van der Waals surface area contributed by atoms with Crippen LogP contribution in [0.4, 0.5) is 20.2 Å². The second-order valence-corrected chi connectivity index (χ2v) is 3.69. The summed E-state index contributed by atoms with van der Waals surface area (Å²) in [6.45, 7) is 0. The van der Waals surface area contributed by atoms with Gasteiger partial charge >= 0.3 is 5.69 Å². The largest absolute Gasteiger partial charge is 0.375 e. The topological polar surface area (TPSA) is 81.2 Å². The quantitative estimate of drug-likeness (QED) is 0.606. The Morgan fingerprint density at radius 2 is 2.12 bits per heavy atom. The average Bonchev–Trinajstić information content (AvgIpc) is 2.78. The molecule has 1 aromatic rings. The van der Waals surface area contributed by atoms with Crippen LogP contribution in [0.5, 0.6) is 0 Å². The number of halogens is 2. The molecule has 3 N–H and O–H groups in total. The summed E-state index contributed by atoms with van der Waals surface area (Å²) in [7, 11) is 0. The molecule has 0 spiro atoms. The number of rotatable bonds is 3. The van der Waals surface area contributed by atoms with E-state index in [1.807, 2.05) is 0 Å². The average molecular weight is 229 g/mol. The van der Waals surface area contributed by atoms with Gasteiger partial charge in [-0.3, -0.25) is 10.1 Å². The molecule has 1 aliphatic carbocycles. The highest BCUT2D eigenvalue weighted by atomic mass is 19.1. The van der Waals surface area contributed by atoms with Gasteiger partial charge in [-0.2, -0.15) is 4.39 Å². The first-order valence-electron chi connectivity index (χ1n) is 4.64. The molecular formula is C9H9F2N3O2. The summed E-state index contributed by atoms with van der Waals surface area (Å²) in [5.74, 6) is -2.05. The van der Waals surface area contributed by atoms with Gasteiger partial charge in [0, 0.05) is 24.2 Å². The maximum Gasteiger partial charge on any atom is 0.327 e. The van der Waals surface area contributed by atoms with Crippen molar-refractivity contribution >= 4 is 11.4 Å². The van der Waals surface area contributed by atoms with E-state index in [1.54, 1.807) is 0 Å². The van der Waals surface area contributed by atoms with E-state index >= 15 is 0 Å². The summed E-state index contributed by atoms with van der Waals surface area (Å²) in [5.41, 5.74) is 4.58. The maximum atomic E-state index is 13.2. The monoisotopic (exact) mass is 229 g/mol. The van der Waals surface area contributed by atoms with E-state index in [9.17, 15) is 18.9 Å². The van der Waals surface area contributed by atoms with Crippen LogP contribution >= 0.6 is 0 Å². The van der Waals surface area contributed by atoms with Crippen LogP contribution < -0.4 is 11.1 Å².